The van der Waals surface area contributed by atoms with Gasteiger partial charge in [-0.25, -0.2) is 9.78 Å². The number of H-pyrrole nitrogens is 1. The highest BCUT2D eigenvalue weighted by Gasteiger charge is 2.09. The van der Waals surface area contributed by atoms with Crippen LogP contribution in [0, 0.1) is 0 Å². The van der Waals surface area contributed by atoms with Gasteiger partial charge in [0.2, 0.25) is 5.91 Å². The number of aromatic nitrogens is 2. The molecule has 136 valence electrons. The molecule has 2 heterocycles. The molecule has 2 N–H and O–H groups in total. The van der Waals surface area contributed by atoms with Crippen molar-refractivity contribution in [3.63, 3.8) is 0 Å². The van der Waals surface area contributed by atoms with E-state index in [9.17, 15) is 9.59 Å². The van der Waals surface area contributed by atoms with Crippen molar-refractivity contribution in [2.24, 2.45) is 0 Å². The van der Waals surface area contributed by atoms with Crippen LogP contribution in [0.4, 0.5) is 0 Å². The molecule has 2 aromatic heterocycles. The molecule has 0 radical (unpaired) electrons. The molecule has 4 rings (SSSR count). The Kier molecular flexibility index (Phi) is 4.84. The number of fused-ring (bicyclic) bond motifs is 1. The average Bonchev–Trinajstić information content (AvgIpc) is 3.30. The number of aryl methyl sites for hydroxylation is 1. The topological polar surface area (TPSA) is 88.0 Å². The summed E-state index contributed by atoms with van der Waals surface area (Å²) in [4.78, 5) is 30.5. The van der Waals surface area contributed by atoms with Gasteiger partial charge in [-0.3, -0.25) is 9.78 Å². The Morgan fingerprint density at radius 3 is 2.89 bits per heavy atom. The third-order valence-electron chi connectivity index (χ3n) is 4.19. The molecule has 0 spiro atoms. The first-order chi connectivity index (χ1) is 13.2. The van der Waals surface area contributed by atoms with E-state index in [1.165, 1.54) is 11.3 Å². The minimum Gasteiger partial charge on any atom is -0.408 e. The summed E-state index contributed by atoms with van der Waals surface area (Å²) in [7, 11) is 0. The zero-order chi connectivity index (χ0) is 18.6. The molecule has 0 fully saturated rings. The minimum absolute atomic E-state index is 0.00567. The van der Waals surface area contributed by atoms with E-state index >= 15 is 0 Å². The number of rotatable bonds is 6. The second-order valence-corrected chi connectivity index (χ2v) is 7.06. The molecule has 0 bridgehead atoms. The molecule has 0 aliphatic rings. The van der Waals surface area contributed by atoms with Crippen LogP contribution in [0.25, 0.3) is 22.4 Å². The van der Waals surface area contributed by atoms with E-state index in [1.807, 2.05) is 41.8 Å². The van der Waals surface area contributed by atoms with E-state index in [0.717, 1.165) is 28.2 Å². The van der Waals surface area contributed by atoms with Crippen LogP contribution in [-0.2, 0) is 17.8 Å². The van der Waals surface area contributed by atoms with Crippen molar-refractivity contribution >= 4 is 28.3 Å². The van der Waals surface area contributed by atoms with Gasteiger partial charge in [0.25, 0.3) is 0 Å². The maximum absolute atomic E-state index is 12.0. The number of carbonyl (C=O) groups excluding carboxylic acids is 1. The van der Waals surface area contributed by atoms with Gasteiger partial charge in [0.1, 0.15) is 5.01 Å². The van der Waals surface area contributed by atoms with Gasteiger partial charge >= 0.3 is 5.76 Å². The molecule has 7 heteroatoms. The monoisotopic (exact) mass is 379 g/mol. The van der Waals surface area contributed by atoms with Crippen LogP contribution in [0.2, 0.25) is 0 Å². The Morgan fingerprint density at radius 1 is 1.19 bits per heavy atom. The maximum atomic E-state index is 12.0. The molecule has 27 heavy (non-hydrogen) atoms. The Morgan fingerprint density at radius 2 is 2.04 bits per heavy atom. The first-order valence-corrected chi connectivity index (χ1v) is 9.43. The fourth-order valence-corrected chi connectivity index (χ4v) is 3.54. The van der Waals surface area contributed by atoms with Crippen LogP contribution in [-0.4, -0.2) is 15.9 Å². The molecule has 2 aromatic carbocycles. The molecule has 0 saturated heterocycles. The van der Waals surface area contributed by atoms with Gasteiger partial charge in [-0.05, 0) is 24.1 Å². The smallest absolute Gasteiger partial charge is 0.408 e. The van der Waals surface area contributed by atoms with Crippen molar-refractivity contribution < 1.29 is 9.21 Å². The van der Waals surface area contributed by atoms with Crippen molar-refractivity contribution in [2.45, 2.75) is 19.4 Å². The molecule has 0 aliphatic carbocycles. The Balaban J connectivity index is 1.36. The highest BCUT2D eigenvalue weighted by Crippen LogP contribution is 2.24. The third kappa shape index (κ3) is 4.15. The second kappa shape index (κ2) is 7.59. The van der Waals surface area contributed by atoms with E-state index in [1.54, 1.807) is 12.1 Å². The Hall–Kier alpha value is -3.19. The number of carbonyl (C=O) groups is 1. The van der Waals surface area contributed by atoms with E-state index < -0.39 is 5.76 Å². The number of thiazole rings is 1. The van der Waals surface area contributed by atoms with E-state index in [0.29, 0.717) is 24.1 Å². The third-order valence-corrected chi connectivity index (χ3v) is 5.04. The summed E-state index contributed by atoms with van der Waals surface area (Å²) >= 11 is 1.49. The van der Waals surface area contributed by atoms with Crippen molar-refractivity contribution in [1.82, 2.24) is 15.3 Å². The van der Waals surface area contributed by atoms with Gasteiger partial charge < -0.3 is 9.73 Å². The number of hydrogen-bond acceptors (Lipinski definition) is 5. The highest BCUT2D eigenvalue weighted by atomic mass is 32.1. The lowest BCUT2D eigenvalue weighted by Crippen LogP contribution is -2.22. The lowest BCUT2D eigenvalue weighted by molar-refractivity contribution is -0.121. The van der Waals surface area contributed by atoms with E-state index in [4.69, 9.17) is 4.42 Å². The predicted octanol–water partition coefficient (Wildman–Crippen LogP) is 3.49. The van der Waals surface area contributed by atoms with Crippen LogP contribution >= 0.6 is 11.3 Å². The van der Waals surface area contributed by atoms with Crippen molar-refractivity contribution in [2.75, 3.05) is 0 Å². The first-order valence-electron chi connectivity index (χ1n) is 8.56. The summed E-state index contributed by atoms with van der Waals surface area (Å²) in [6.07, 6.45) is 1.17. The molecule has 0 aliphatic heterocycles. The lowest BCUT2D eigenvalue weighted by atomic mass is 10.1. The van der Waals surface area contributed by atoms with Crippen molar-refractivity contribution in [3.05, 3.63) is 75.0 Å². The summed E-state index contributed by atoms with van der Waals surface area (Å²) in [5, 5.41) is 5.67. The van der Waals surface area contributed by atoms with Gasteiger partial charge in [-0.1, -0.05) is 36.4 Å². The van der Waals surface area contributed by atoms with Crippen molar-refractivity contribution in [3.8, 4) is 11.3 Å². The molecular formula is C20H17N3O3S. The summed E-state index contributed by atoms with van der Waals surface area (Å²) in [6.45, 7) is 0.403. The zero-order valence-electron chi connectivity index (χ0n) is 14.4. The first kappa shape index (κ1) is 17.2. The summed E-state index contributed by atoms with van der Waals surface area (Å²) in [6, 6.07) is 15.4. The van der Waals surface area contributed by atoms with Crippen LogP contribution in [0.1, 0.15) is 17.0 Å². The van der Waals surface area contributed by atoms with Gasteiger partial charge in [0.15, 0.2) is 5.58 Å². The second-order valence-electron chi connectivity index (χ2n) is 6.11. The lowest BCUT2D eigenvalue weighted by Gasteiger charge is -2.03. The van der Waals surface area contributed by atoms with Gasteiger partial charge in [-0.2, -0.15) is 0 Å². The summed E-state index contributed by atoms with van der Waals surface area (Å²) < 4.78 is 5.09. The number of nitrogens with one attached hydrogen (secondary N) is 2. The van der Waals surface area contributed by atoms with Crippen LogP contribution in [0.15, 0.2) is 63.1 Å². The maximum Gasteiger partial charge on any atom is 0.417 e. The minimum atomic E-state index is -0.473. The largest absolute Gasteiger partial charge is 0.417 e. The molecular weight excluding hydrogens is 362 g/mol. The van der Waals surface area contributed by atoms with Crippen LogP contribution in [0.5, 0.6) is 0 Å². The summed E-state index contributed by atoms with van der Waals surface area (Å²) in [5.74, 6) is -0.467. The number of hydrogen-bond donors (Lipinski definition) is 2. The molecule has 0 atom stereocenters. The fraction of sp³-hybridized carbons (Fsp3) is 0.150. The van der Waals surface area contributed by atoms with Gasteiger partial charge in [0.05, 0.1) is 17.8 Å². The normalized spacial score (nSPS) is 11.0. The van der Waals surface area contributed by atoms with Crippen molar-refractivity contribution in [1.29, 1.82) is 0 Å². The Labute approximate surface area is 158 Å². The Bertz CT molecular complexity index is 1130. The quantitative estimate of drug-likeness (QED) is 0.537. The molecule has 0 unspecified atom stereocenters. The molecule has 4 aromatic rings. The number of benzene rings is 2. The number of oxazole rings is 1. The highest BCUT2D eigenvalue weighted by molar-refractivity contribution is 7.09. The fourth-order valence-electron chi connectivity index (χ4n) is 2.79. The van der Waals surface area contributed by atoms with E-state index in [2.05, 4.69) is 15.3 Å². The zero-order valence-corrected chi connectivity index (χ0v) is 15.2. The number of nitrogens with zero attached hydrogens (tertiary/aromatic N) is 1. The average molecular weight is 379 g/mol. The van der Waals surface area contributed by atoms with Gasteiger partial charge in [-0.15, -0.1) is 11.3 Å². The predicted molar refractivity (Wildman–Crippen MR) is 105 cm³/mol. The number of amides is 1. The molecule has 6 nitrogen and oxygen atoms in total. The van der Waals surface area contributed by atoms with Crippen LogP contribution in [0.3, 0.4) is 0 Å². The van der Waals surface area contributed by atoms with Crippen LogP contribution < -0.4 is 11.1 Å². The van der Waals surface area contributed by atoms with Gasteiger partial charge in [0, 0.05) is 17.4 Å². The number of aromatic amines is 1. The SMILES string of the molecule is O=C(CCc1ccccc1)NCc1nc(-c2ccc3[nH]c(=O)oc3c2)cs1. The molecule has 1 amide bonds. The summed E-state index contributed by atoms with van der Waals surface area (Å²) in [5.41, 5.74) is 3.96. The standard InChI is InChI=1S/C20H17N3O3S/c24-18(9-6-13-4-2-1-3-5-13)21-11-19-22-16(12-27-19)14-7-8-15-17(10-14)26-20(25)23-15/h1-5,7-8,10,12H,6,9,11H2,(H,21,24)(H,23,25). The van der Waals surface area contributed by atoms with E-state index in [-0.39, 0.29) is 5.91 Å². The molecule has 0 saturated carbocycles.